The molecular weight excluding hydrogens is 370 g/mol. The van der Waals surface area contributed by atoms with E-state index < -0.39 is 11.8 Å². The second-order valence-electron chi connectivity index (χ2n) is 7.48. The summed E-state index contributed by atoms with van der Waals surface area (Å²) in [6.45, 7) is 4.72. The summed E-state index contributed by atoms with van der Waals surface area (Å²) < 4.78 is 5.58. The molecule has 3 N–H and O–H groups in total. The molecule has 3 rings (SSSR count). The predicted molar refractivity (Wildman–Crippen MR) is 110 cm³/mol. The molecule has 0 saturated heterocycles. The van der Waals surface area contributed by atoms with Crippen molar-refractivity contribution in [2.24, 2.45) is 11.8 Å². The zero-order valence-electron chi connectivity index (χ0n) is 16.5. The van der Waals surface area contributed by atoms with Crippen LogP contribution in [0.2, 0.25) is 0 Å². The van der Waals surface area contributed by atoms with Crippen molar-refractivity contribution in [3.8, 4) is 5.75 Å². The Bertz CT molecular complexity index is 872. The summed E-state index contributed by atoms with van der Waals surface area (Å²) in [6.07, 6.45) is 1.86. The van der Waals surface area contributed by atoms with Crippen LogP contribution in [0, 0.1) is 11.8 Å². The normalized spacial score (nSPS) is 12.9. The van der Waals surface area contributed by atoms with Gasteiger partial charge in [-0.2, -0.15) is 0 Å². The number of anilines is 1. The predicted octanol–water partition coefficient (Wildman–Crippen LogP) is 3.14. The van der Waals surface area contributed by atoms with E-state index in [0.29, 0.717) is 35.1 Å². The van der Waals surface area contributed by atoms with E-state index in [4.69, 9.17) is 4.74 Å². The molecule has 0 radical (unpaired) electrons. The monoisotopic (exact) mass is 395 g/mol. The van der Waals surface area contributed by atoms with Crippen LogP contribution >= 0.6 is 0 Å². The Morgan fingerprint density at radius 2 is 1.41 bits per heavy atom. The lowest BCUT2D eigenvalue weighted by Crippen LogP contribution is -2.41. The summed E-state index contributed by atoms with van der Waals surface area (Å²) in [5.74, 6) is 0.348. The van der Waals surface area contributed by atoms with Crippen molar-refractivity contribution >= 4 is 23.4 Å². The van der Waals surface area contributed by atoms with E-state index in [1.165, 1.54) is 0 Å². The van der Waals surface area contributed by atoms with Gasteiger partial charge in [-0.25, -0.2) is 0 Å². The molecule has 1 aliphatic carbocycles. The van der Waals surface area contributed by atoms with Crippen LogP contribution in [-0.2, 0) is 4.79 Å². The van der Waals surface area contributed by atoms with Gasteiger partial charge in [-0.05, 0) is 67.3 Å². The summed E-state index contributed by atoms with van der Waals surface area (Å²) >= 11 is 0. The Balaban J connectivity index is 1.47. The number of rotatable bonds is 7. The Kier molecular flexibility index (Phi) is 6.49. The molecule has 0 atom stereocenters. The Labute approximate surface area is 169 Å². The minimum Gasteiger partial charge on any atom is -0.493 e. The summed E-state index contributed by atoms with van der Waals surface area (Å²) in [7, 11) is 0. The van der Waals surface area contributed by atoms with Crippen LogP contribution in [0.1, 0.15) is 47.4 Å². The third-order valence-corrected chi connectivity index (χ3v) is 4.35. The van der Waals surface area contributed by atoms with Crippen molar-refractivity contribution < 1.29 is 19.1 Å². The molecule has 29 heavy (non-hydrogen) atoms. The van der Waals surface area contributed by atoms with Crippen LogP contribution in [0.15, 0.2) is 48.5 Å². The van der Waals surface area contributed by atoms with Gasteiger partial charge in [0.1, 0.15) is 5.75 Å². The van der Waals surface area contributed by atoms with E-state index >= 15 is 0 Å². The van der Waals surface area contributed by atoms with Gasteiger partial charge in [0.2, 0.25) is 5.91 Å². The molecule has 0 spiro atoms. The fourth-order valence-electron chi connectivity index (χ4n) is 2.52. The largest absolute Gasteiger partial charge is 0.493 e. The van der Waals surface area contributed by atoms with Gasteiger partial charge in [-0.1, -0.05) is 13.8 Å². The van der Waals surface area contributed by atoms with E-state index in [1.54, 1.807) is 48.5 Å². The maximum Gasteiger partial charge on any atom is 0.269 e. The summed E-state index contributed by atoms with van der Waals surface area (Å²) in [5.41, 5.74) is 6.18. The molecule has 0 heterocycles. The molecule has 7 nitrogen and oxygen atoms in total. The minimum atomic E-state index is -0.449. The molecule has 0 bridgehead atoms. The van der Waals surface area contributed by atoms with Gasteiger partial charge in [0, 0.05) is 22.7 Å². The van der Waals surface area contributed by atoms with E-state index in [1.807, 2.05) is 0 Å². The summed E-state index contributed by atoms with van der Waals surface area (Å²) in [5, 5.41) is 2.81. The van der Waals surface area contributed by atoms with E-state index in [-0.39, 0.29) is 11.8 Å². The van der Waals surface area contributed by atoms with Crippen LogP contribution in [0.3, 0.4) is 0 Å². The molecule has 7 heteroatoms. The number of benzene rings is 2. The number of hydrogen-bond donors (Lipinski definition) is 3. The molecule has 0 aromatic heterocycles. The lowest BCUT2D eigenvalue weighted by Gasteiger charge is -2.10. The van der Waals surface area contributed by atoms with E-state index in [2.05, 4.69) is 30.0 Å². The second kappa shape index (κ2) is 9.23. The van der Waals surface area contributed by atoms with Gasteiger partial charge in [-0.3, -0.25) is 25.2 Å². The third kappa shape index (κ3) is 6.07. The van der Waals surface area contributed by atoms with E-state index in [0.717, 1.165) is 12.8 Å². The molecule has 0 aliphatic heterocycles. The highest BCUT2D eigenvalue weighted by Gasteiger charge is 2.29. The molecule has 3 amide bonds. The van der Waals surface area contributed by atoms with Crippen molar-refractivity contribution in [1.29, 1.82) is 0 Å². The lowest BCUT2D eigenvalue weighted by molar-refractivity contribution is -0.117. The SMILES string of the molecule is CC(C)COc1ccc(C(=O)NNC(=O)c2ccc(NC(=O)C3CC3)cc2)cc1. The van der Waals surface area contributed by atoms with Crippen molar-refractivity contribution in [3.05, 3.63) is 59.7 Å². The topological polar surface area (TPSA) is 96.5 Å². The van der Waals surface area contributed by atoms with Crippen molar-refractivity contribution in [2.75, 3.05) is 11.9 Å². The highest BCUT2D eigenvalue weighted by Crippen LogP contribution is 2.30. The number of ether oxygens (including phenoxy) is 1. The first-order chi connectivity index (χ1) is 13.9. The molecular formula is C22H25N3O4. The smallest absolute Gasteiger partial charge is 0.269 e. The molecule has 152 valence electrons. The molecule has 2 aromatic carbocycles. The molecule has 0 unspecified atom stereocenters. The first kappa shape index (κ1) is 20.4. The molecule has 1 fully saturated rings. The van der Waals surface area contributed by atoms with Gasteiger partial charge >= 0.3 is 0 Å². The zero-order valence-corrected chi connectivity index (χ0v) is 16.5. The second-order valence-corrected chi connectivity index (χ2v) is 7.48. The third-order valence-electron chi connectivity index (χ3n) is 4.35. The average Bonchev–Trinajstić information content (AvgIpc) is 3.56. The molecule has 2 aromatic rings. The lowest BCUT2D eigenvalue weighted by atomic mass is 10.2. The minimum absolute atomic E-state index is 0.00934. The standard InChI is InChI=1S/C22H25N3O4/c1-14(2)13-29-19-11-7-17(8-12-19)22(28)25-24-21(27)16-5-9-18(10-6-16)23-20(26)15-3-4-15/h5-12,14-15H,3-4,13H2,1-2H3,(H,23,26)(H,24,27)(H,25,28). The Morgan fingerprint density at radius 3 is 1.90 bits per heavy atom. The number of hydrogen-bond acceptors (Lipinski definition) is 4. The van der Waals surface area contributed by atoms with Crippen LogP contribution in [0.4, 0.5) is 5.69 Å². The quantitative estimate of drug-likeness (QED) is 0.628. The highest BCUT2D eigenvalue weighted by molar-refractivity contribution is 5.99. The number of nitrogens with one attached hydrogen (secondary N) is 3. The highest BCUT2D eigenvalue weighted by atomic mass is 16.5. The summed E-state index contributed by atoms with van der Waals surface area (Å²) in [4.78, 5) is 36.1. The maximum atomic E-state index is 12.2. The van der Waals surface area contributed by atoms with Gasteiger partial charge in [-0.15, -0.1) is 0 Å². The van der Waals surface area contributed by atoms with Gasteiger partial charge < -0.3 is 10.1 Å². The number of amides is 3. The Hall–Kier alpha value is -3.35. The fraction of sp³-hybridized carbons (Fsp3) is 0.318. The molecule has 1 aliphatic rings. The first-order valence-electron chi connectivity index (χ1n) is 9.67. The zero-order chi connectivity index (χ0) is 20.8. The average molecular weight is 395 g/mol. The van der Waals surface area contributed by atoms with Crippen LogP contribution in [0.25, 0.3) is 0 Å². The maximum absolute atomic E-state index is 12.2. The van der Waals surface area contributed by atoms with Crippen LogP contribution < -0.4 is 20.9 Å². The van der Waals surface area contributed by atoms with Gasteiger partial charge in [0.15, 0.2) is 0 Å². The van der Waals surface area contributed by atoms with Crippen LogP contribution in [-0.4, -0.2) is 24.3 Å². The molecule has 1 saturated carbocycles. The number of hydrazine groups is 1. The Morgan fingerprint density at radius 1 is 0.897 bits per heavy atom. The van der Waals surface area contributed by atoms with Crippen molar-refractivity contribution in [3.63, 3.8) is 0 Å². The van der Waals surface area contributed by atoms with E-state index in [9.17, 15) is 14.4 Å². The van der Waals surface area contributed by atoms with Crippen molar-refractivity contribution in [1.82, 2.24) is 10.9 Å². The summed E-state index contributed by atoms with van der Waals surface area (Å²) in [6, 6.07) is 13.2. The first-order valence-corrected chi connectivity index (χ1v) is 9.67. The van der Waals surface area contributed by atoms with Crippen molar-refractivity contribution in [2.45, 2.75) is 26.7 Å². The van der Waals surface area contributed by atoms with Gasteiger partial charge in [0.05, 0.1) is 6.61 Å². The van der Waals surface area contributed by atoms with Gasteiger partial charge in [0.25, 0.3) is 11.8 Å². The van der Waals surface area contributed by atoms with Crippen LogP contribution in [0.5, 0.6) is 5.75 Å². The fourth-order valence-corrected chi connectivity index (χ4v) is 2.52. The number of carbonyl (C=O) groups is 3. The number of carbonyl (C=O) groups excluding carboxylic acids is 3.